The topological polar surface area (TPSA) is 87.7 Å². The number of carbonyl (C=O) groups is 3. The molecule has 1 heterocycles. The van der Waals surface area contributed by atoms with Gasteiger partial charge in [-0.25, -0.2) is 4.79 Å². The maximum atomic E-state index is 12.9. The van der Waals surface area contributed by atoms with E-state index in [-0.39, 0.29) is 5.02 Å². The first kappa shape index (κ1) is 20.0. The first-order valence-corrected chi connectivity index (χ1v) is 9.04. The Balaban J connectivity index is 1.73. The van der Waals surface area contributed by atoms with Crippen LogP contribution in [0, 0.1) is 0 Å². The molecule has 0 spiro atoms. The molecule has 4 amide bonds. The van der Waals surface area contributed by atoms with Crippen molar-refractivity contribution in [2.75, 3.05) is 19.0 Å². The van der Waals surface area contributed by atoms with E-state index in [9.17, 15) is 14.4 Å². The molecule has 7 nitrogen and oxygen atoms in total. The van der Waals surface area contributed by atoms with Crippen molar-refractivity contribution >= 4 is 46.7 Å². The van der Waals surface area contributed by atoms with Crippen molar-refractivity contribution in [1.82, 2.24) is 10.2 Å². The van der Waals surface area contributed by atoms with Crippen molar-refractivity contribution in [3.8, 4) is 5.75 Å². The molecule has 1 atom stereocenters. The molecule has 0 bridgehead atoms. The zero-order valence-corrected chi connectivity index (χ0v) is 16.6. The standard InChI is InChI=1S/C19H17Cl2N3O4/c1-19(11-3-6-13(28-2)7-4-11)17(26)24(18(27)23-19)10-16(25)22-12-5-8-14(20)15(21)9-12/h3-9H,10H2,1-2H3,(H,22,25)(H,23,27). The highest BCUT2D eigenvalue weighted by molar-refractivity contribution is 6.42. The van der Waals surface area contributed by atoms with Crippen LogP contribution in [0.1, 0.15) is 12.5 Å². The van der Waals surface area contributed by atoms with E-state index in [1.807, 2.05) is 0 Å². The second-order valence-electron chi connectivity index (χ2n) is 6.35. The van der Waals surface area contributed by atoms with Gasteiger partial charge in [-0.2, -0.15) is 0 Å². The first-order chi connectivity index (χ1) is 13.2. The van der Waals surface area contributed by atoms with Crippen molar-refractivity contribution in [2.45, 2.75) is 12.5 Å². The lowest BCUT2D eigenvalue weighted by atomic mass is 9.92. The fourth-order valence-corrected chi connectivity index (χ4v) is 3.18. The zero-order chi connectivity index (χ0) is 20.5. The van der Waals surface area contributed by atoms with E-state index in [4.69, 9.17) is 27.9 Å². The second-order valence-corrected chi connectivity index (χ2v) is 7.17. The Kier molecular flexibility index (Phi) is 5.49. The molecule has 0 saturated carbocycles. The Morgan fingerprint density at radius 1 is 1.14 bits per heavy atom. The van der Waals surface area contributed by atoms with E-state index in [1.165, 1.54) is 19.2 Å². The summed E-state index contributed by atoms with van der Waals surface area (Å²) in [4.78, 5) is 38.4. The number of methoxy groups -OCH3 is 1. The molecule has 2 N–H and O–H groups in total. The number of hydrogen-bond acceptors (Lipinski definition) is 4. The average Bonchev–Trinajstić information content (AvgIpc) is 2.89. The van der Waals surface area contributed by atoms with Crippen LogP contribution in [-0.4, -0.2) is 36.4 Å². The van der Waals surface area contributed by atoms with E-state index >= 15 is 0 Å². The number of anilines is 1. The van der Waals surface area contributed by atoms with Crippen LogP contribution in [0.2, 0.25) is 10.0 Å². The van der Waals surface area contributed by atoms with Crippen molar-refractivity contribution in [2.24, 2.45) is 0 Å². The van der Waals surface area contributed by atoms with Crippen LogP contribution in [-0.2, 0) is 15.1 Å². The zero-order valence-electron chi connectivity index (χ0n) is 15.1. The van der Waals surface area contributed by atoms with Gasteiger partial charge in [0.2, 0.25) is 5.91 Å². The van der Waals surface area contributed by atoms with Gasteiger partial charge in [-0.15, -0.1) is 0 Å². The summed E-state index contributed by atoms with van der Waals surface area (Å²) in [5.74, 6) is -0.435. The Bertz CT molecular complexity index is 949. The minimum atomic E-state index is -1.27. The van der Waals surface area contributed by atoms with Gasteiger partial charge in [0.1, 0.15) is 17.8 Å². The molecular weight excluding hydrogens is 405 g/mol. The highest BCUT2D eigenvalue weighted by Crippen LogP contribution is 2.30. The second kappa shape index (κ2) is 7.69. The molecule has 0 aliphatic carbocycles. The number of imide groups is 1. The van der Waals surface area contributed by atoms with E-state index in [1.54, 1.807) is 37.3 Å². The molecule has 9 heteroatoms. The molecule has 1 aliphatic rings. The van der Waals surface area contributed by atoms with Gasteiger partial charge in [0, 0.05) is 5.69 Å². The summed E-state index contributed by atoms with van der Waals surface area (Å²) >= 11 is 11.8. The van der Waals surface area contributed by atoms with Crippen LogP contribution in [0.3, 0.4) is 0 Å². The fraction of sp³-hybridized carbons (Fsp3) is 0.211. The van der Waals surface area contributed by atoms with Crippen molar-refractivity contribution in [3.05, 3.63) is 58.1 Å². The number of nitrogens with one attached hydrogen (secondary N) is 2. The monoisotopic (exact) mass is 421 g/mol. The maximum absolute atomic E-state index is 12.9. The summed E-state index contributed by atoms with van der Waals surface area (Å²) in [6, 6.07) is 10.7. The highest BCUT2D eigenvalue weighted by Gasteiger charge is 2.49. The fourth-order valence-electron chi connectivity index (χ4n) is 2.88. The highest BCUT2D eigenvalue weighted by atomic mass is 35.5. The molecule has 146 valence electrons. The molecule has 1 saturated heterocycles. The van der Waals surface area contributed by atoms with Crippen molar-refractivity contribution < 1.29 is 19.1 Å². The number of carbonyl (C=O) groups excluding carboxylic acids is 3. The lowest BCUT2D eigenvalue weighted by Crippen LogP contribution is -2.42. The van der Waals surface area contributed by atoms with Gasteiger partial charge in [-0.3, -0.25) is 14.5 Å². The summed E-state index contributed by atoms with van der Waals surface area (Å²) in [5.41, 5.74) is -0.281. The minimum absolute atomic E-state index is 0.279. The predicted octanol–water partition coefficient (Wildman–Crippen LogP) is 3.41. The summed E-state index contributed by atoms with van der Waals surface area (Å²) < 4.78 is 5.11. The summed E-state index contributed by atoms with van der Waals surface area (Å²) in [6.45, 7) is 1.16. The largest absolute Gasteiger partial charge is 0.497 e. The van der Waals surface area contributed by atoms with E-state index in [0.29, 0.717) is 22.0 Å². The number of benzene rings is 2. The van der Waals surface area contributed by atoms with Crippen LogP contribution < -0.4 is 15.4 Å². The van der Waals surface area contributed by atoms with E-state index in [0.717, 1.165) is 4.90 Å². The number of nitrogens with zero attached hydrogens (tertiary/aromatic N) is 1. The van der Waals surface area contributed by atoms with Crippen molar-refractivity contribution in [3.63, 3.8) is 0 Å². The van der Waals surface area contributed by atoms with E-state index in [2.05, 4.69) is 10.6 Å². The number of hydrogen-bond donors (Lipinski definition) is 2. The molecule has 2 aromatic carbocycles. The van der Waals surface area contributed by atoms with Crippen LogP contribution in [0.15, 0.2) is 42.5 Å². The summed E-state index contributed by atoms with van der Waals surface area (Å²) in [6.07, 6.45) is 0. The quantitative estimate of drug-likeness (QED) is 0.723. The molecule has 1 unspecified atom stereocenters. The Labute approximate surface area is 171 Å². The van der Waals surface area contributed by atoms with Gasteiger partial charge in [-0.1, -0.05) is 35.3 Å². The lowest BCUT2D eigenvalue weighted by Gasteiger charge is -2.22. The van der Waals surface area contributed by atoms with Gasteiger partial charge in [0.05, 0.1) is 17.2 Å². The van der Waals surface area contributed by atoms with Gasteiger partial charge >= 0.3 is 6.03 Å². The van der Waals surface area contributed by atoms with Crippen LogP contribution in [0.4, 0.5) is 10.5 Å². The Hall–Kier alpha value is -2.77. The molecule has 0 radical (unpaired) electrons. The molecule has 3 rings (SSSR count). The molecular formula is C19H17Cl2N3O4. The normalized spacial score (nSPS) is 18.8. The lowest BCUT2D eigenvalue weighted by molar-refractivity contribution is -0.133. The van der Waals surface area contributed by atoms with Gasteiger partial charge in [-0.05, 0) is 42.8 Å². The third-order valence-electron chi connectivity index (χ3n) is 4.45. The number of amides is 4. The van der Waals surface area contributed by atoms with E-state index < -0.39 is 29.9 Å². The molecule has 1 fully saturated rings. The molecule has 2 aromatic rings. The number of urea groups is 1. The molecule has 0 aromatic heterocycles. The Morgan fingerprint density at radius 2 is 1.82 bits per heavy atom. The van der Waals surface area contributed by atoms with Crippen LogP contribution >= 0.6 is 23.2 Å². The number of ether oxygens (including phenoxy) is 1. The van der Waals surface area contributed by atoms with Crippen molar-refractivity contribution in [1.29, 1.82) is 0 Å². The summed E-state index contributed by atoms with van der Waals surface area (Å²) in [5, 5.41) is 5.87. The third-order valence-corrected chi connectivity index (χ3v) is 5.19. The predicted molar refractivity (Wildman–Crippen MR) is 106 cm³/mol. The smallest absolute Gasteiger partial charge is 0.325 e. The molecule has 1 aliphatic heterocycles. The Morgan fingerprint density at radius 3 is 2.43 bits per heavy atom. The van der Waals surface area contributed by atoms with Crippen LogP contribution in [0.25, 0.3) is 0 Å². The van der Waals surface area contributed by atoms with Gasteiger partial charge in [0.25, 0.3) is 5.91 Å². The van der Waals surface area contributed by atoms with Crippen LogP contribution in [0.5, 0.6) is 5.75 Å². The number of halogens is 2. The average molecular weight is 422 g/mol. The number of rotatable bonds is 5. The molecule has 28 heavy (non-hydrogen) atoms. The minimum Gasteiger partial charge on any atom is -0.497 e. The SMILES string of the molecule is COc1ccc(C2(C)NC(=O)N(CC(=O)Nc3ccc(Cl)c(Cl)c3)C2=O)cc1. The van der Waals surface area contributed by atoms with Gasteiger partial charge < -0.3 is 15.4 Å². The van der Waals surface area contributed by atoms with Gasteiger partial charge in [0.15, 0.2) is 0 Å². The third kappa shape index (κ3) is 3.76. The maximum Gasteiger partial charge on any atom is 0.325 e. The summed E-state index contributed by atoms with van der Waals surface area (Å²) in [7, 11) is 1.54. The first-order valence-electron chi connectivity index (χ1n) is 8.28.